The van der Waals surface area contributed by atoms with Gasteiger partial charge in [0.25, 0.3) is 0 Å². The van der Waals surface area contributed by atoms with Gasteiger partial charge >= 0.3 is 6.01 Å². The van der Waals surface area contributed by atoms with Crippen LogP contribution in [0.4, 0.5) is 0 Å². The number of benzene rings is 2. The highest BCUT2D eigenvalue weighted by Crippen LogP contribution is 2.24. The molecule has 3 aromatic rings. The van der Waals surface area contributed by atoms with Gasteiger partial charge in [-0.25, -0.2) is 4.98 Å². The number of hydrogen-bond donors (Lipinski definition) is 1. The minimum Gasteiger partial charge on any atom is -0.467 e. The minimum atomic E-state index is 0.0569. The predicted molar refractivity (Wildman–Crippen MR) is 107 cm³/mol. The number of ether oxygens (including phenoxy) is 2. The molecule has 5 heteroatoms. The van der Waals surface area contributed by atoms with E-state index in [0.29, 0.717) is 12.6 Å². The molecule has 0 saturated carbocycles. The largest absolute Gasteiger partial charge is 0.467 e. The number of rotatable bonds is 9. The molecule has 0 aliphatic heterocycles. The molecule has 27 heavy (non-hydrogen) atoms. The van der Waals surface area contributed by atoms with E-state index in [2.05, 4.69) is 39.6 Å². The van der Waals surface area contributed by atoms with Crippen molar-refractivity contribution in [3.05, 3.63) is 78.0 Å². The van der Waals surface area contributed by atoms with Crippen molar-refractivity contribution in [3.63, 3.8) is 0 Å². The Morgan fingerprint density at radius 3 is 2.67 bits per heavy atom. The number of aromatic nitrogens is 2. The summed E-state index contributed by atoms with van der Waals surface area (Å²) in [6, 6.07) is 20.8. The van der Waals surface area contributed by atoms with Crippen LogP contribution in [0.5, 0.6) is 6.01 Å². The molecule has 0 fully saturated rings. The van der Waals surface area contributed by atoms with Gasteiger partial charge in [0.1, 0.15) is 0 Å². The quantitative estimate of drug-likeness (QED) is 0.622. The molecular weight excluding hydrogens is 338 g/mol. The van der Waals surface area contributed by atoms with Gasteiger partial charge in [0.15, 0.2) is 0 Å². The van der Waals surface area contributed by atoms with E-state index in [1.165, 1.54) is 5.56 Å². The molecule has 0 aliphatic rings. The van der Waals surface area contributed by atoms with Crippen LogP contribution in [0.1, 0.15) is 23.7 Å². The lowest BCUT2D eigenvalue weighted by molar-refractivity contribution is 0.0344. The van der Waals surface area contributed by atoms with E-state index in [9.17, 15) is 0 Å². The topological polar surface area (TPSA) is 56.3 Å². The van der Waals surface area contributed by atoms with Gasteiger partial charge in [-0.1, -0.05) is 48.5 Å². The molecule has 0 spiro atoms. The van der Waals surface area contributed by atoms with E-state index < -0.39 is 0 Å². The molecule has 0 radical (unpaired) electrons. The van der Waals surface area contributed by atoms with Gasteiger partial charge in [0, 0.05) is 11.8 Å². The Balaban J connectivity index is 1.72. The maximum absolute atomic E-state index is 6.25. The summed E-state index contributed by atoms with van der Waals surface area (Å²) in [4.78, 5) is 8.47. The standard InChI is InChI=1S/C22H25N3O2/c1-23-13-12-21(18-8-4-3-5-9-18)27-16-17-7-6-10-19(15-17)20-11-14-24-22(25-20)26-2/h3-11,14-15,21,23H,12-13,16H2,1-2H3. The number of nitrogens with zero attached hydrogens (tertiary/aromatic N) is 2. The number of nitrogens with one attached hydrogen (secondary N) is 1. The Morgan fingerprint density at radius 1 is 1.04 bits per heavy atom. The van der Waals surface area contributed by atoms with Crippen LogP contribution in [0.15, 0.2) is 66.9 Å². The van der Waals surface area contributed by atoms with Crippen LogP contribution in [-0.4, -0.2) is 30.7 Å². The van der Waals surface area contributed by atoms with Gasteiger partial charge in [-0.15, -0.1) is 0 Å². The minimum absolute atomic E-state index is 0.0569. The molecule has 140 valence electrons. The van der Waals surface area contributed by atoms with E-state index in [1.54, 1.807) is 13.3 Å². The zero-order valence-corrected chi connectivity index (χ0v) is 15.8. The first-order valence-corrected chi connectivity index (χ1v) is 9.07. The van der Waals surface area contributed by atoms with Crippen molar-refractivity contribution < 1.29 is 9.47 Å². The fourth-order valence-corrected chi connectivity index (χ4v) is 2.91. The summed E-state index contributed by atoms with van der Waals surface area (Å²) < 4.78 is 11.4. The van der Waals surface area contributed by atoms with Crippen molar-refractivity contribution in [1.29, 1.82) is 0 Å². The van der Waals surface area contributed by atoms with Crippen LogP contribution in [0.25, 0.3) is 11.3 Å². The molecule has 3 rings (SSSR count). The van der Waals surface area contributed by atoms with Gasteiger partial charge in [-0.05, 0) is 43.3 Å². The third-order valence-electron chi connectivity index (χ3n) is 4.32. The molecular formula is C22H25N3O2. The number of methoxy groups -OCH3 is 1. The van der Waals surface area contributed by atoms with E-state index in [1.807, 2.05) is 43.4 Å². The van der Waals surface area contributed by atoms with Crippen LogP contribution in [0, 0.1) is 0 Å². The highest BCUT2D eigenvalue weighted by molar-refractivity contribution is 5.59. The first kappa shape index (κ1) is 19.0. The Labute approximate surface area is 160 Å². The second kappa shape index (κ2) is 9.80. The Morgan fingerprint density at radius 2 is 1.89 bits per heavy atom. The third kappa shape index (κ3) is 5.36. The average molecular weight is 363 g/mol. The Hall–Kier alpha value is -2.76. The highest BCUT2D eigenvalue weighted by atomic mass is 16.5. The smallest absolute Gasteiger partial charge is 0.316 e. The molecule has 0 aliphatic carbocycles. The maximum atomic E-state index is 6.25. The first-order chi connectivity index (χ1) is 13.3. The van der Waals surface area contributed by atoms with Crippen molar-refractivity contribution >= 4 is 0 Å². The van der Waals surface area contributed by atoms with Gasteiger partial charge < -0.3 is 14.8 Å². The molecule has 0 saturated heterocycles. The Bertz CT molecular complexity index is 840. The summed E-state index contributed by atoms with van der Waals surface area (Å²) in [6.45, 7) is 1.44. The van der Waals surface area contributed by atoms with Crippen LogP contribution >= 0.6 is 0 Å². The monoisotopic (exact) mass is 363 g/mol. The summed E-state index contributed by atoms with van der Waals surface area (Å²) >= 11 is 0. The number of hydrogen-bond acceptors (Lipinski definition) is 5. The normalized spacial score (nSPS) is 11.9. The molecule has 1 heterocycles. The van der Waals surface area contributed by atoms with Crippen molar-refractivity contribution in [2.45, 2.75) is 19.1 Å². The van der Waals surface area contributed by atoms with Crippen molar-refractivity contribution in [2.75, 3.05) is 20.7 Å². The van der Waals surface area contributed by atoms with Crippen LogP contribution in [-0.2, 0) is 11.3 Å². The lowest BCUT2D eigenvalue weighted by Gasteiger charge is -2.18. The molecule has 1 unspecified atom stereocenters. The SMILES string of the molecule is CNCCC(OCc1cccc(-c2ccnc(OC)n2)c1)c1ccccc1. The summed E-state index contributed by atoms with van der Waals surface area (Å²) in [5.74, 6) is 0. The molecule has 5 nitrogen and oxygen atoms in total. The third-order valence-corrected chi connectivity index (χ3v) is 4.32. The average Bonchev–Trinajstić information content (AvgIpc) is 2.75. The maximum Gasteiger partial charge on any atom is 0.316 e. The van der Waals surface area contributed by atoms with Crippen LogP contribution in [0.2, 0.25) is 0 Å². The van der Waals surface area contributed by atoms with E-state index in [-0.39, 0.29) is 6.10 Å². The molecule has 1 N–H and O–H groups in total. The van der Waals surface area contributed by atoms with Crippen molar-refractivity contribution in [1.82, 2.24) is 15.3 Å². The zero-order valence-electron chi connectivity index (χ0n) is 15.8. The molecule has 1 aromatic heterocycles. The van der Waals surface area contributed by atoms with E-state index in [4.69, 9.17) is 9.47 Å². The lowest BCUT2D eigenvalue weighted by atomic mass is 10.1. The van der Waals surface area contributed by atoms with Gasteiger partial charge in [-0.3, -0.25) is 0 Å². The molecule has 1 atom stereocenters. The van der Waals surface area contributed by atoms with Crippen molar-refractivity contribution in [2.24, 2.45) is 0 Å². The van der Waals surface area contributed by atoms with E-state index >= 15 is 0 Å². The second-order valence-electron chi connectivity index (χ2n) is 6.23. The molecule has 2 aromatic carbocycles. The van der Waals surface area contributed by atoms with Gasteiger partial charge in [0.2, 0.25) is 0 Å². The lowest BCUT2D eigenvalue weighted by Crippen LogP contribution is -2.14. The van der Waals surface area contributed by atoms with E-state index in [0.717, 1.165) is 29.8 Å². The molecule has 0 amide bonds. The van der Waals surface area contributed by atoms with Crippen molar-refractivity contribution in [3.8, 4) is 17.3 Å². The van der Waals surface area contributed by atoms with Gasteiger partial charge in [0.05, 0.1) is 25.5 Å². The first-order valence-electron chi connectivity index (χ1n) is 9.07. The highest BCUT2D eigenvalue weighted by Gasteiger charge is 2.12. The summed E-state index contributed by atoms with van der Waals surface area (Å²) in [7, 11) is 3.53. The zero-order chi connectivity index (χ0) is 18.9. The predicted octanol–water partition coefficient (Wildman–Crippen LogP) is 4.02. The fourth-order valence-electron chi connectivity index (χ4n) is 2.91. The second-order valence-corrected chi connectivity index (χ2v) is 6.23. The summed E-state index contributed by atoms with van der Waals surface area (Å²) in [6.07, 6.45) is 2.68. The van der Waals surface area contributed by atoms with Gasteiger partial charge in [-0.2, -0.15) is 4.98 Å². The summed E-state index contributed by atoms with van der Waals surface area (Å²) in [5.41, 5.74) is 4.15. The van der Waals surface area contributed by atoms with Crippen LogP contribution < -0.4 is 10.1 Å². The molecule has 0 bridgehead atoms. The fraction of sp³-hybridized carbons (Fsp3) is 0.273. The summed E-state index contributed by atoms with van der Waals surface area (Å²) in [5, 5.41) is 3.20. The van der Waals surface area contributed by atoms with Crippen LogP contribution in [0.3, 0.4) is 0 Å². The Kier molecular flexibility index (Phi) is 6.90.